The monoisotopic (exact) mass is 367 g/mol. The highest BCUT2D eigenvalue weighted by Crippen LogP contribution is 2.37. The molecule has 0 bridgehead atoms. The lowest BCUT2D eigenvalue weighted by Gasteiger charge is -2.18. The summed E-state index contributed by atoms with van der Waals surface area (Å²) in [6.07, 6.45) is 3.90. The van der Waals surface area contributed by atoms with Gasteiger partial charge in [-0.2, -0.15) is 0 Å². The minimum atomic E-state index is 0.399. The highest BCUT2D eigenvalue weighted by atomic mass is 79.9. The zero-order valence-electron chi connectivity index (χ0n) is 9.13. The van der Waals surface area contributed by atoms with Crippen molar-refractivity contribution in [3.05, 3.63) is 19.2 Å². The third kappa shape index (κ3) is 3.07. The first-order valence-electron chi connectivity index (χ1n) is 5.44. The van der Waals surface area contributed by atoms with Gasteiger partial charge >= 0.3 is 0 Å². The Morgan fingerprint density at radius 3 is 2.94 bits per heavy atom. The van der Waals surface area contributed by atoms with E-state index in [1.165, 1.54) is 17.7 Å². The Morgan fingerprint density at radius 2 is 2.44 bits per heavy atom. The summed E-state index contributed by atoms with van der Waals surface area (Å²) in [7, 11) is 2.02. The van der Waals surface area contributed by atoms with Crippen LogP contribution in [0.5, 0.6) is 0 Å². The van der Waals surface area contributed by atoms with E-state index >= 15 is 0 Å². The molecule has 1 aromatic rings. The van der Waals surface area contributed by atoms with Crippen molar-refractivity contribution in [3.8, 4) is 0 Å². The number of hydrogen-bond donors (Lipinski definition) is 1. The molecule has 5 heteroatoms. The first kappa shape index (κ1) is 13.0. The van der Waals surface area contributed by atoms with Crippen molar-refractivity contribution in [2.24, 2.45) is 0 Å². The van der Waals surface area contributed by atoms with Crippen LogP contribution in [0.3, 0.4) is 0 Å². The van der Waals surface area contributed by atoms with Gasteiger partial charge < -0.3 is 10.1 Å². The van der Waals surface area contributed by atoms with Crippen molar-refractivity contribution < 1.29 is 4.74 Å². The maximum atomic E-state index is 5.68. The summed E-state index contributed by atoms with van der Waals surface area (Å²) in [6.45, 7) is 0.929. The predicted octanol–water partition coefficient (Wildman–Crippen LogP) is 4.10. The van der Waals surface area contributed by atoms with Gasteiger partial charge in [-0.3, -0.25) is 0 Å². The van der Waals surface area contributed by atoms with Gasteiger partial charge in [0.1, 0.15) is 0 Å². The quantitative estimate of drug-likeness (QED) is 0.863. The lowest BCUT2D eigenvalue weighted by Crippen LogP contribution is -2.21. The topological polar surface area (TPSA) is 21.3 Å². The van der Waals surface area contributed by atoms with Crippen molar-refractivity contribution >= 4 is 43.2 Å². The molecule has 1 N–H and O–H groups in total. The molecule has 2 rings (SSSR count). The maximum Gasteiger partial charge on any atom is 0.0843 e. The summed E-state index contributed by atoms with van der Waals surface area (Å²) < 4.78 is 7.99. The van der Waals surface area contributed by atoms with Crippen LogP contribution in [0.2, 0.25) is 0 Å². The van der Waals surface area contributed by atoms with Crippen molar-refractivity contribution in [2.75, 3.05) is 13.7 Å². The summed E-state index contributed by atoms with van der Waals surface area (Å²) in [5.41, 5.74) is 0. The third-order valence-electron chi connectivity index (χ3n) is 2.88. The number of halogens is 2. The molecule has 0 radical (unpaired) electrons. The summed E-state index contributed by atoms with van der Waals surface area (Å²) in [4.78, 5) is 1.36. The second-order valence-electron chi connectivity index (χ2n) is 3.98. The molecule has 0 saturated carbocycles. The van der Waals surface area contributed by atoms with Gasteiger partial charge in [0.15, 0.2) is 0 Å². The fourth-order valence-electron chi connectivity index (χ4n) is 2.00. The highest BCUT2D eigenvalue weighted by molar-refractivity contribution is 9.13. The maximum absolute atomic E-state index is 5.68. The van der Waals surface area contributed by atoms with Crippen LogP contribution in [0, 0.1) is 0 Å². The average Bonchev–Trinajstić information content (AvgIpc) is 2.86. The average molecular weight is 369 g/mol. The molecule has 1 aromatic heterocycles. The van der Waals surface area contributed by atoms with E-state index in [2.05, 4.69) is 43.2 Å². The lowest BCUT2D eigenvalue weighted by molar-refractivity contribution is 0.0957. The molecule has 0 amide bonds. The summed E-state index contributed by atoms with van der Waals surface area (Å²) >= 11 is 8.85. The van der Waals surface area contributed by atoms with E-state index in [1.807, 2.05) is 7.05 Å². The smallest absolute Gasteiger partial charge is 0.0843 e. The van der Waals surface area contributed by atoms with E-state index in [0.717, 1.165) is 21.3 Å². The Labute approximate surface area is 117 Å². The van der Waals surface area contributed by atoms with Crippen molar-refractivity contribution in [1.82, 2.24) is 5.32 Å². The summed E-state index contributed by atoms with van der Waals surface area (Å²) in [5, 5.41) is 3.37. The molecule has 1 fully saturated rings. The highest BCUT2D eigenvalue weighted by Gasteiger charge is 2.22. The Balaban J connectivity index is 2.03. The van der Waals surface area contributed by atoms with Crippen LogP contribution < -0.4 is 5.32 Å². The number of ether oxygens (including phenoxy) is 1. The molecule has 1 aliphatic heterocycles. The molecule has 0 aromatic carbocycles. The first-order chi connectivity index (χ1) is 7.70. The molecule has 2 heterocycles. The molecule has 2 unspecified atom stereocenters. The molecule has 90 valence electrons. The van der Waals surface area contributed by atoms with Gasteiger partial charge in [-0.1, -0.05) is 0 Å². The largest absolute Gasteiger partial charge is 0.378 e. The normalized spacial score (nSPS) is 22.6. The van der Waals surface area contributed by atoms with Crippen molar-refractivity contribution in [1.29, 1.82) is 0 Å². The van der Waals surface area contributed by atoms with Gasteiger partial charge in [0.05, 0.1) is 9.89 Å². The Kier molecular flexibility index (Phi) is 4.85. The molecule has 2 nitrogen and oxygen atoms in total. The van der Waals surface area contributed by atoms with Crippen LogP contribution in [0.25, 0.3) is 0 Å². The zero-order valence-corrected chi connectivity index (χ0v) is 13.1. The molecule has 2 atom stereocenters. The second-order valence-corrected chi connectivity index (χ2v) is 7.24. The minimum Gasteiger partial charge on any atom is -0.378 e. The number of nitrogens with one attached hydrogen (secondary N) is 1. The van der Waals surface area contributed by atoms with Gasteiger partial charge in [-0.25, -0.2) is 0 Å². The SMILES string of the molecule is CNC(CC1CCCO1)c1cc(Br)c(Br)s1. The number of thiophene rings is 1. The van der Waals surface area contributed by atoms with Crippen LogP contribution in [-0.4, -0.2) is 19.8 Å². The van der Waals surface area contributed by atoms with E-state index in [4.69, 9.17) is 4.74 Å². The number of rotatable bonds is 4. The summed E-state index contributed by atoms with van der Waals surface area (Å²) in [6, 6.07) is 2.58. The summed E-state index contributed by atoms with van der Waals surface area (Å²) in [5.74, 6) is 0. The third-order valence-corrected chi connectivity index (χ3v) is 6.25. The number of hydrogen-bond acceptors (Lipinski definition) is 3. The molecule has 0 aliphatic carbocycles. The van der Waals surface area contributed by atoms with E-state index in [0.29, 0.717) is 12.1 Å². The fourth-order valence-corrected chi connectivity index (χ4v) is 4.22. The van der Waals surface area contributed by atoms with E-state index < -0.39 is 0 Å². The van der Waals surface area contributed by atoms with E-state index in [9.17, 15) is 0 Å². The van der Waals surface area contributed by atoms with Gasteiger partial charge in [0.2, 0.25) is 0 Å². The Bertz CT molecular complexity index is 330. The zero-order chi connectivity index (χ0) is 11.5. The predicted molar refractivity (Wildman–Crippen MR) is 75.1 cm³/mol. The van der Waals surface area contributed by atoms with Gasteiger partial charge in [-0.15, -0.1) is 11.3 Å². The van der Waals surface area contributed by atoms with Gasteiger partial charge in [0, 0.05) is 22.0 Å². The van der Waals surface area contributed by atoms with Crippen LogP contribution in [0.1, 0.15) is 30.2 Å². The van der Waals surface area contributed by atoms with Crippen molar-refractivity contribution in [3.63, 3.8) is 0 Å². The van der Waals surface area contributed by atoms with Crippen LogP contribution >= 0.6 is 43.2 Å². The lowest BCUT2D eigenvalue weighted by atomic mass is 10.1. The molecule has 16 heavy (non-hydrogen) atoms. The van der Waals surface area contributed by atoms with Crippen LogP contribution in [0.4, 0.5) is 0 Å². The Hall–Kier alpha value is 0.580. The van der Waals surface area contributed by atoms with Gasteiger partial charge in [-0.05, 0) is 64.2 Å². The fraction of sp³-hybridized carbons (Fsp3) is 0.636. The molecular weight excluding hydrogens is 354 g/mol. The van der Waals surface area contributed by atoms with Gasteiger partial charge in [0.25, 0.3) is 0 Å². The van der Waals surface area contributed by atoms with Crippen LogP contribution in [0.15, 0.2) is 14.3 Å². The molecular formula is C11H15Br2NOS. The standard InChI is InChI=1S/C11H15Br2NOS/c1-14-9(5-7-3-2-4-15-7)10-6-8(12)11(13)16-10/h6-7,9,14H,2-5H2,1H3. The second kappa shape index (κ2) is 5.96. The minimum absolute atomic E-state index is 0.399. The van der Waals surface area contributed by atoms with Crippen molar-refractivity contribution in [2.45, 2.75) is 31.4 Å². The molecule has 1 aliphatic rings. The first-order valence-corrected chi connectivity index (χ1v) is 7.84. The van der Waals surface area contributed by atoms with Crippen LogP contribution in [-0.2, 0) is 4.74 Å². The van der Waals surface area contributed by atoms with E-state index in [-0.39, 0.29) is 0 Å². The molecule has 0 spiro atoms. The van der Waals surface area contributed by atoms with E-state index in [1.54, 1.807) is 11.3 Å². The molecule has 1 saturated heterocycles. The Morgan fingerprint density at radius 1 is 1.62 bits per heavy atom.